The number of nitrogens with one attached hydrogen (secondary N) is 1. The molecule has 1 fully saturated rings. The topological polar surface area (TPSA) is 52.6 Å². The Kier molecular flexibility index (Phi) is 4.80. The fourth-order valence-corrected chi connectivity index (χ4v) is 2.59. The maximum absolute atomic E-state index is 12.0. The minimum absolute atomic E-state index is 0.0357. The van der Waals surface area contributed by atoms with Crippen LogP contribution in [-0.2, 0) is 11.2 Å². The van der Waals surface area contributed by atoms with E-state index in [9.17, 15) is 9.90 Å². The highest BCUT2D eigenvalue weighted by Gasteiger charge is 2.20. The van der Waals surface area contributed by atoms with E-state index < -0.39 is 0 Å². The molecule has 1 amide bonds. The first-order valence-electron chi connectivity index (χ1n) is 6.97. The van der Waals surface area contributed by atoms with Crippen LogP contribution < -0.4 is 5.32 Å². The van der Waals surface area contributed by atoms with Crippen molar-refractivity contribution in [1.82, 2.24) is 10.2 Å². The van der Waals surface area contributed by atoms with E-state index in [1.165, 1.54) is 0 Å². The van der Waals surface area contributed by atoms with Crippen molar-refractivity contribution >= 4 is 5.91 Å². The fourth-order valence-electron chi connectivity index (χ4n) is 2.59. The summed E-state index contributed by atoms with van der Waals surface area (Å²) in [6, 6.07) is 7.13. The van der Waals surface area contributed by atoms with Crippen molar-refractivity contribution in [2.45, 2.75) is 32.2 Å². The lowest BCUT2D eigenvalue weighted by Gasteiger charge is -2.32. The zero-order valence-electron chi connectivity index (χ0n) is 11.4. The molecule has 1 aliphatic heterocycles. The van der Waals surface area contributed by atoms with Crippen molar-refractivity contribution in [1.29, 1.82) is 0 Å². The zero-order valence-corrected chi connectivity index (χ0v) is 11.4. The van der Waals surface area contributed by atoms with Crippen molar-refractivity contribution in [3.8, 4) is 5.75 Å². The van der Waals surface area contributed by atoms with E-state index >= 15 is 0 Å². The number of phenols is 1. The van der Waals surface area contributed by atoms with E-state index in [0.29, 0.717) is 6.42 Å². The molecule has 4 heteroatoms. The smallest absolute Gasteiger partial charge is 0.224 e. The monoisotopic (exact) mass is 262 g/mol. The molecule has 0 saturated carbocycles. The summed E-state index contributed by atoms with van der Waals surface area (Å²) in [4.78, 5) is 14.3. The molecule has 19 heavy (non-hydrogen) atoms. The third-order valence-electron chi connectivity index (χ3n) is 3.59. The van der Waals surface area contributed by atoms with Crippen LogP contribution in [-0.4, -0.2) is 41.6 Å². The molecule has 104 valence electrons. The van der Waals surface area contributed by atoms with Crippen LogP contribution >= 0.6 is 0 Å². The Labute approximate surface area is 114 Å². The summed E-state index contributed by atoms with van der Waals surface area (Å²) < 4.78 is 0. The summed E-state index contributed by atoms with van der Waals surface area (Å²) in [5, 5.41) is 12.5. The van der Waals surface area contributed by atoms with E-state index in [4.69, 9.17) is 0 Å². The largest absolute Gasteiger partial charge is 0.508 e. The number of phenolic OH excluding ortho intramolecular Hbond substituents is 1. The molecule has 1 aromatic rings. The second-order valence-corrected chi connectivity index (χ2v) is 5.15. The Hall–Kier alpha value is -1.55. The molecule has 0 spiro atoms. The van der Waals surface area contributed by atoms with Gasteiger partial charge in [-0.05, 0) is 43.6 Å². The van der Waals surface area contributed by atoms with Gasteiger partial charge in [-0.25, -0.2) is 0 Å². The van der Waals surface area contributed by atoms with E-state index in [2.05, 4.69) is 17.1 Å². The maximum Gasteiger partial charge on any atom is 0.224 e. The minimum Gasteiger partial charge on any atom is -0.508 e. The molecule has 0 aromatic heterocycles. The molecule has 2 N–H and O–H groups in total. The second-order valence-electron chi connectivity index (χ2n) is 5.15. The van der Waals surface area contributed by atoms with Crippen molar-refractivity contribution < 1.29 is 9.90 Å². The second kappa shape index (κ2) is 6.57. The van der Waals surface area contributed by atoms with Gasteiger partial charge in [0.2, 0.25) is 5.91 Å². The number of benzene rings is 1. The Balaban J connectivity index is 1.84. The van der Waals surface area contributed by atoms with E-state index in [0.717, 1.165) is 38.0 Å². The van der Waals surface area contributed by atoms with E-state index in [1.807, 2.05) is 6.07 Å². The molecule has 0 bridgehead atoms. The lowest BCUT2D eigenvalue weighted by Crippen LogP contribution is -2.47. The Morgan fingerprint density at radius 2 is 2.37 bits per heavy atom. The number of likely N-dealkylation sites (N-methyl/N-ethyl adjacent to an activating group) is 1. The summed E-state index contributed by atoms with van der Waals surface area (Å²) >= 11 is 0. The highest BCUT2D eigenvalue weighted by atomic mass is 16.3. The van der Waals surface area contributed by atoms with E-state index in [1.54, 1.807) is 18.2 Å². The normalized spacial score (nSPS) is 20.2. The van der Waals surface area contributed by atoms with Crippen LogP contribution in [0.1, 0.15) is 25.3 Å². The predicted molar refractivity (Wildman–Crippen MR) is 75.1 cm³/mol. The molecule has 0 radical (unpaired) electrons. The van der Waals surface area contributed by atoms with Gasteiger partial charge < -0.3 is 15.3 Å². The van der Waals surface area contributed by atoms with Crippen LogP contribution in [0.2, 0.25) is 0 Å². The number of rotatable bonds is 4. The predicted octanol–water partition coefficient (Wildman–Crippen LogP) is 1.54. The number of amides is 1. The van der Waals surface area contributed by atoms with Crippen LogP contribution in [0.5, 0.6) is 5.75 Å². The summed E-state index contributed by atoms with van der Waals surface area (Å²) in [6.07, 6.45) is 2.53. The number of piperidine rings is 1. The highest BCUT2D eigenvalue weighted by molar-refractivity contribution is 5.79. The van der Waals surface area contributed by atoms with Gasteiger partial charge in [0.15, 0.2) is 0 Å². The Bertz CT molecular complexity index is 434. The van der Waals surface area contributed by atoms with Gasteiger partial charge in [-0.3, -0.25) is 4.79 Å². The van der Waals surface area contributed by atoms with E-state index in [-0.39, 0.29) is 17.7 Å². The van der Waals surface area contributed by atoms with Crippen molar-refractivity contribution in [2.75, 3.05) is 19.6 Å². The number of hydrogen-bond donors (Lipinski definition) is 2. The van der Waals surface area contributed by atoms with Crippen LogP contribution in [0.3, 0.4) is 0 Å². The van der Waals surface area contributed by atoms with Gasteiger partial charge in [-0.1, -0.05) is 19.1 Å². The highest BCUT2D eigenvalue weighted by Crippen LogP contribution is 2.12. The maximum atomic E-state index is 12.0. The van der Waals surface area contributed by atoms with Gasteiger partial charge in [0.25, 0.3) is 0 Å². The van der Waals surface area contributed by atoms with Crippen LogP contribution in [0.25, 0.3) is 0 Å². The van der Waals surface area contributed by atoms with Gasteiger partial charge in [0.05, 0.1) is 6.42 Å². The summed E-state index contributed by atoms with van der Waals surface area (Å²) in [7, 11) is 0. The average Bonchev–Trinajstić information content (AvgIpc) is 2.38. The Morgan fingerprint density at radius 1 is 1.53 bits per heavy atom. The van der Waals surface area contributed by atoms with Crippen molar-refractivity contribution in [3.63, 3.8) is 0 Å². The van der Waals surface area contributed by atoms with Crippen LogP contribution in [0.4, 0.5) is 0 Å². The number of aromatic hydroxyl groups is 1. The zero-order chi connectivity index (χ0) is 13.7. The van der Waals surface area contributed by atoms with Gasteiger partial charge in [-0.15, -0.1) is 0 Å². The third-order valence-corrected chi connectivity index (χ3v) is 3.59. The summed E-state index contributed by atoms with van der Waals surface area (Å²) in [5.74, 6) is 0.244. The fraction of sp³-hybridized carbons (Fsp3) is 0.533. The van der Waals surface area contributed by atoms with Gasteiger partial charge in [-0.2, -0.15) is 0 Å². The first kappa shape index (κ1) is 13.9. The van der Waals surface area contributed by atoms with Crippen molar-refractivity contribution in [3.05, 3.63) is 29.8 Å². The number of carbonyl (C=O) groups excluding carboxylic acids is 1. The molecule has 1 saturated heterocycles. The third kappa shape index (κ3) is 4.24. The number of hydrogen-bond acceptors (Lipinski definition) is 3. The lowest BCUT2D eigenvalue weighted by atomic mass is 10.0. The van der Waals surface area contributed by atoms with Gasteiger partial charge in [0, 0.05) is 12.6 Å². The summed E-state index contributed by atoms with van der Waals surface area (Å²) in [5.41, 5.74) is 0.848. The molecule has 1 heterocycles. The van der Waals surface area contributed by atoms with Crippen LogP contribution in [0.15, 0.2) is 24.3 Å². The molecular formula is C15H22N2O2. The first-order chi connectivity index (χ1) is 9.17. The molecule has 0 aliphatic carbocycles. The lowest BCUT2D eigenvalue weighted by molar-refractivity contribution is -0.121. The molecular weight excluding hydrogens is 240 g/mol. The molecule has 1 unspecified atom stereocenters. The molecule has 2 rings (SSSR count). The standard InChI is InChI=1S/C15H22N2O2/c1-2-17-8-4-6-13(11-17)16-15(19)10-12-5-3-7-14(18)9-12/h3,5,7,9,13,18H,2,4,6,8,10-11H2,1H3,(H,16,19). The van der Waals surface area contributed by atoms with Gasteiger partial charge >= 0.3 is 0 Å². The minimum atomic E-state index is 0.0357. The summed E-state index contributed by atoms with van der Waals surface area (Å²) in [6.45, 7) is 5.27. The van der Waals surface area contributed by atoms with Crippen molar-refractivity contribution in [2.24, 2.45) is 0 Å². The van der Waals surface area contributed by atoms with Crippen LogP contribution in [0, 0.1) is 0 Å². The molecule has 1 aromatic carbocycles. The Morgan fingerprint density at radius 3 is 3.11 bits per heavy atom. The molecule has 1 aliphatic rings. The molecule has 4 nitrogen and oxygen atoms in total. The number of nitrogens with zero attached hydrogens (tertiary/aromatic N) is 1. The quantitative estimate of drug-likeness (QED) is 0.865. The SMILES string of the molecule is CCN1CCCC(NC(=O)Cc2cccc(O)c2)C1. The molecule has 1 atom stereocenters. The van der Waals surface area contributed by atoms with Gasteiger partial charge in [0.1, 0.15) is 5.75 Å². The first-order valence-corrected chi connectivity index (χ1v) is 6.97. The number of carbonyl (C=O) groups is 1. The average molecular weight is 262 g/mol. The number of likely N-dealkylation sites (tertiary alicyclic amines) is 1.